The molecule has 1 saturated heterocycles. The summed E-state index contributed by atoms with van der Waals surface area (Å²) in [5, 5.41) is 7.81. The van der Waals surface area contributed by atoms with E-state index in [2.05, 4.69) is 20.6 Å². The Morgan fingerprint density at radius 1 is 1.41 bits per heavy atom. The summed E-state index contributed by atoms with van der Waals surface area (Å²) in [6, 6.07) is 0.252. The number of piperazine rings is 1. The van der Waals surface area contributed by atoms with Gasteiger partial charge in [0.15, 0.2) is 5.75 Å². The smallest absolute Gasteiger partial charge is 0.260 e. The van der Waals surface area contributed by atoms with Crippen molar-refractivity contribution in [3.63, 3.8) is 0 Å². The van der Waals surface area contributed by atoms with Crippen molar-refractivity contribution in [3.05, 3.63) is 12.0 Å². The predicted molar refractivity (Wildman–Crippen MR) is 62.5 cm³/mol. The Morgan fingerprint density at radius 3 is 2.94 bits per heavy atom. The fourth-order valence-corrected chi connectivity index (χ4v) is 1.78. The molecule has 6 nitrogen and oxygen atoms in total. The van der Waals surface area contributed by atoms with Gasteiger partial charge in [-0.1, -0.05) is 0 Å². The maximum Gasteiger partial charge on any atom is 0.260 e. The van der Waals surface area contributed by atoms with Crippen LogP contribution in [0.2, 0.25) is 0 Å². The molecule has 1 aromatic heterocycles. The highest BCUT2D eigenvalue weighted by Gasteiger charge is 2.16. The van der Waals surface area contributed by atoms with Crippen molar-refractivity contribution in [1.82, 2.24) is 20.6 Å². The Hall–Kier alpha value is -1.40. The highest BCUT2D eigenvalue weighted by molar-refractivity contribution is 5.30. The van der Waals surface area contributed by atoms with Crippen LogP contribution < -0.4 is 20.1 Å². The molecular weight excluding hydrogens is 220 g/mol. The molecule has 1 atom stereocenters. The molecule has 6 heteroatoms. The van der Waals surface area contributed by atoms with Crippen LogP contribution >= 0.6 is 0 Å². The van der Waals surface area contributed by atoms with E-state index in [0.29, 0.717) is 11.6 Å². The third kappa shape index (κ3) is 3.04. The molecule has 1 aliphatic rings. The molecule has 0 spiro atoms. The van der Waals surface area contributed by atoms with Gasteiger partial charge in [0, 0.05) is 32.1 Å². The summed E-state index contributed by atoms with van der Waals surface area (Å²) in [5.74, 6) is 1.76. The zero-order valence-corrected chi connectivity index (χ0v) is 10.1. The van der Waals surface area contributed by atoms with E-state index in [1.165, 1.54) is 0 Å². The van der Waals surface area contributed by atoms with E-state index in [-0.39, 0.29) is 6.04 Å². The Bertz CT molecular complexity index is 366. The molecule has 1 unspecified atom stereocenters. The average Bonchev–Trinajstić information content (AvgIpc) is 2.40. The normalized spacial score (nSPS) is 20.0. The molecule has 0 amide bonds. The summed E-state index contributed by atoms with van der Waals surface area (Å²) in [6.07, 6.45) is 2.37. The molecule has 1 aliphatic heterocycles. The van der Waals surface area contributed by atoms with Gasteiger partial charge >= 0.3 is 0 Å². The van der Waals surface area contributed by atoms with Gasteiger partial charge in [-0.2, -0.15) is 4.98 Å². The summed E-state index contributed by atoms with van der Waals surface area (Å²) < 4.78 is 10.2. The third-order valence-electron chi connectivity index (χ3n) is 2.66. The Balaban J connectivity index is 2.05. The van der Waals surface area contributed by atoms with Crippen LogP contribution in [0.25, 0.3) is 0 Å². The third-order valence-corrected chi connectivity index (χ3v) is 2.66. The maximum absolute atomic E-state index is 5.14. The minimum Gasteiger partial charge on any atom is -0.490 e. The van der Waals surface area contributed by atoms with Crippen LogP contribution in [-0.4, -0.2) is 49.9 Å². The van der Waals surface area contributed by atoms with Crippen LogP contribution in [-0.2, 0) is 6.42 Å². The summed E-state index contributed by atoms with van der Waals surface area (Å²) in [5.41, 5.74) is 0. The lowest BCUT2D eigenvalue weighted by Crippen LogP contribution is -2.45. The lowest BCUT2D eigenvalue weighted by Gasteiger charge is -2.22. The van der Waals surface area contributed by atoms with Crippen LogP contribution in [0.5, 0.6) is 11.6 Å². The van der Waals surface area contributed by atoms with Crippen LogP contribution in [0.15, 0.2) is 6.20 Å². The molecular formula is C11H17N4O2. The maximum atomic E-state index is 5.14. The number of ether oxygens (including phenoxy) is 2. The second kappa shape index (κ2) is 5.79. The van der Waals surface area contributed by atoms with E-state index in [0.717, 1.165) is 31.9 Å². The van der Waals surface area contributed by atoms with Gasteiger partial charge < -0.3 is 14.8 Å². The van der Waals surface area contributed by atoms with E-state index in [4.69, 9.17) is 9.47 Å². The quantitative estimate of drug-likeness (QED) is 0.772. The zero-order valence-electron chi connectivity index (χ0n) is 10.1. The predicted octanol–water partition coefficient (Wildman–Crippen LogP) is -0.387. The first-order chi connectivity index (χ1) is 8.33. The molecule has 1 radical (unpaired) electrons. The molecule has 17 heavy (non-hydrogen) atoms. The molecule has 2 rings (SSSR count). The fourth-order valence-electron chi connectivity index (χ4n) is 1.78. The molecule has 93 valence electrons. The van der Waals surface area contributed by atoms with Crippen molar-refractivity contribution in [2.45, 2.75) is 12.5 Å². The van der Waals surface area contributed by atoms with Gasteiger partial charge in [-0.25, -0.2) is 10.3 Å². The van der Waals surface area contributed by atoms with Crippen LogP contribution in [0, 0.1) is 0 Å². The first kappa shape index (κ1) is 12.1. The van der Waals surface area contributed by atoms with Crippen molar-refractivity contribution in [1.29, 1.82) is 0 Å². The number of hydrogen-bond acceptors (Lipinski definition) is 5. The van der Waals surface area contributed by atoms with Gasteiger partial charge in [0.1, 0.15) is 5.82 Å². The Labute approximate surface area is 101 Å². The van der Waals surface area contributed by atoms with Gasteiger partial charge in [0.05, 0.1) is 20.4 Å². The molecule has 1 N–H and O–H groups in total. The van der Waals surface area contributed by atoms with Crippen LogP contribution in [0.3, 0.4) is 0 Å². The molecule has 0 aromatic carbocycles. The second-order valence-electron chi connectivity index (χ2n) is 3.83. The van der Waals surface area contributed by atoms with Gasteiger partial charge in [0.2, 0.25) is 0 Å². The lowest BCUT2D eigenvalue weighted by molar-refractivity contribution is 0.336. The summed E-state index contributed by atoms with van der Waals surface area (Å²) >= 11 is 0. The number of hydrogen-bond donors (Lipinski definition) is 1. The highest BCUT2D eigenvalue weighted by Crippen LogP contribution is 2.22. The minimum atomic E-state index is 0.252. The number of nitrogens with one attached hydrogen (secondary N) is 1. The summed E-state index contributed by atoms with van der Waals surface area (Å²) in [4.78, 5) is 8.56. The number of rotatable bonds is 4. The first-order valence-corrected chi connectivity index (χ1v) is 5.64. The lowest BCUT2D eigenvalue weighted by atomic mass is 10.1. The number of methoxy groups -OCH3 is 2. The second-order valence-corrected chi connectivity index (χ2v) is 3.83. The van der Waals surface area contributed by atoms with Crippen molar-refractivity contribution < 1.29 is 9.47 Å². The van der Waals surface area contributed by atoms with E-state index in [9.17, 15) is 0 Å². The standard InChI is InChI=1S/C11H17N4O2/c1-16-9-7-14-10(15-11(9)17-2)5-8-6-12-3-4-13-8/h7-8,12H,3-6H2,1-2H3. The topological polar surface area (TPSA) is 70.4 Å². The van der Waals surface area contributed by atoms with Gasteiger partial charge in [-0.3, -0.25) is 0 Å². The molecule has 2 heterocycles. The minimum absolute atomic E-state index is 0.252. The summed E-state index contributed by atoms with van der Waals surface area (Å²) in [7, 11) is 3.14. The van der Waals surface area contributed by atoms with E-state index >= 15 is 0 Å². The van der Waals surface area contributed by atoms with E-state index in [1.807, 2.05) is 0 Å². The molecule has 1 aromatic rings. The molecule has 0 bridgehead atoms. The van der Waals surface area contributed by atoms with Crippen LogP contribution in [0.4, 0.5) is 0 Å². The number of nitrogens with zero attached hydrogens (tertiary/aromatic N) is 3. The first-order valence-electron chi connectivity index (χ1n) is 5.64. The van der Waals surface area contributed by atoms with Crippen molar-refractivity contribution in [2.24, 2.45) is 0 Å². The van der Waals surface area contributed by atoms with Gasteiger partial charge in [-0.15, -0.1) is 0 Å². The average molecular weight is 237 g/mol. The fraction of sp³-hybridized carbons (Fsp3) is 0.636. The van der Waals surface area contributed by atoms with E-state index < -0.39 is 0 Å². The van der Waals surface area contributed by atoms with E-state index in [1.54, 1.807) is 20.4 Å². The van der Waals surface area contributed by atoms with Crippen LogP contribution in [0.1, 0.15) is 5.82 Å². The largest absolute Gasteiger partial charge is 0.490 e. The van der Waals surface area contributed by atoms with Gasteiger partial charge in [0.25, 0.3) is 5.88 Å². The van der Waals surface area contributed by atoms with Crippen molar-refractivity contribution in [2.75, 3.05) is 33.9 Å². The molecule has 1 fully saturated rings. The zero-order chi connectivity index (χ0) is 12.1. The van der Waals surface area contributed by atoms with Gasteiger partial charge in [-0.05, 0) is 0 Å². The van der Waals surface area contributed by atoms with Crippen molar-refractivity contribution >= 4 is 0 Å². The SMILES string of the molecule is COc1cnc(CC2CNCC[N]2)nc1OC. The Kier molecular flexibility index (Phi) is 4.11. The molecule has 0 aliphatic carbocycles. The number of aromatic nitrogens is 2. The van der Waals surface area contributed by atoms with Crippen molar-refractivity contribution in [3.8, 4) is 11.6 Å². The monoisotopic (exact) mass is 237 g/mol. The molecule has 0 saturated carbocycles. The Morgan fingerprint density at radius 2 is 2.29 bits per heavy atom. The summed E-state index contributed by atoms with van der Waals surface area (Å²) in [6.45, 7) is 2.71. The highest BCUT2D eigenvalue weighted by atomic mass is 16.5.